The van der Waals surface area contributed by atoms with E-state index in [1.165, 1.54) is 16.8 Å². The SMILES string of the molecule is O=[N+]([O-])c1ccc(-n2ncc3c2CCC3)c([N+](=O)[O-])c1. The first-order valence-corrected chi connectivity index (χ1v) is 6.07. The highest BCUT2D eigenvalue weighted by molar-refractivity contribution is 5.58. The Kier molecular flexibility index (Phi) is 2.70. The molecule has 20 heavy (non-hydrogen) atoms. The second kappa shape index (κ2) is 4.41. The molecular formula is C12H10N4O4. The number of aryl methyl sites for hydroxylation is 1. The molecular weight excluding hydrogens is 264 g/mol. The van der Waals surface area contributed by atoms with Crippen LogP contribution in [0.15, 0.2) is 24.4 Å². The van der Waals surface area contributed by atoms with Gasteiger partial charge >= 0.3 is 5.69 Å². The van der Waals surface area contributed by atoms with E-state index in [0.29, 0.717) is 0 Å². The molecule has 8 nitrogen and oxygen atoms in total. The van der Waals surface area contributed by atoms with Crippen molar-refractivity contribution in [2.75, 3.05) is 0 Å². The van der Waals surface area contributed by atoms with Crippen LogP contribution in [0.5, 0.6) is 0 Å². The fourth-order valence-corrected chi connectivity index (χ4v) is 2.49. The summed E-state index contributed by atoms with van der Waals surface area (Å²) in [6.07, 6.45) is 4.42. The molecule has 0 radical (unpaired) electrons. The zero-order valence-corrected chi connectivity index (χ0v) is 10.4. The van der Waals surface area contributed by atoms with E-state index in [9.17, 15) is 20.2 Å². The molecule has 1 aliphatic carbocycles. The summed E-state index contributed by atoms with van der Waals surface area (Å²) in [5.41, 5.74) is 1.68. The summed E-state index contributed by atoms with van der Waals surface area (Å²) < 4.78 is 1.52. The molecule has 1 aromatic carbocycles. The van der Waals surface area contributed by atoms with Gasteiger partial charge in [0, 0.05) is 11.8 Å². The van der Waals surface area contributed by atoms with Crippen LogP contribution in [-0.4, -0.2) is 19.6 Å². The summed E-state index contributed by atoms with van der Waals surface area (Å²) in [6.45, 7) is 0. The van der Waals surface area contributed by atoms with E-state index in [4.69, 9.17) is 0 Å². The van der Waals surface area contributed by atoms with Gasteiger partial charge in [0.25, 0.3) is 5.69 Å². The molecule has 1 heterocycles. The average molecular weight is 274 g/mol. The van der Waals surface area contributed by atoms with Crippen LogP contribution in [0, 0.1) is 20.2 Å². The first-order chi connectivity index (χ1) is 9.58. The second-order valence-electron chi connectivity index (χ2n) is 4.57. The van der Waals surface area contributed by atoms with Crippen LogP contribution >= 0.6 is 0 Å². The maximum atomic E-state index is 11.1. The summed E-state index contributed by atoms with van der Waals surface area (Å²) in [4.78, 5) is 20.6. The van der Waals surface area contributed by atoms with Crippen LogP contribution < -0.4 is 0 Å². The summed E-state index contributed by atoms with van der Waals surface area (Å²) >= 11 is 0. The second-order valence-corrected chi connectivity index (χ2v) is 4.57. The van der Waals surface area contributed by atoms with Crippen molar-refractivity contribution in [2.24, 2.45) is 0 Å². The van der Waals surface area contributed by atoms with E-state index >= 15 is 0 Å². The number of hydrogen-bond acceptors (Lipinski definition) is 5. The summed E-state index contributed by atoms with van der Waals surface area (Å²) in [5, 5.41) is 26.0. The lowest BCUT2D eigenvalue weighted by Gasteiger charge is -2.06. The molecule has 2 aromatic rings. The largest absolute Gasteiger partial charge is 0.301 e. The molecule has 0 saturated heterocycles. The van der Waals surface area contributed by atoms with Gasteiger partial charge in [0.1, 0.15) is 5.69 Å². The van der Waals surface area contributed by atoms with Gasteiger partial charge in [-0.05, 0) is 30.9 Å². The van der Waals surface area contributed by atoms with Crippen molar-refractivity contribution in [1.82, 2.24) is 9.78 Å². The Bertz CT molecular complexity index is 722. The van der Waals surface area contributed by atoms with E-state index in [0.717, 1.165) is 36.6 Å². The Balaban J connectivity index is 2.18. The zero-order valence-electron chi connectivity index (χ0n) is 10.4. The van der Waals surface area contributed by atoms with Crippen LogP contribution in [0.25, 0.3) is 5.69 Å². The number of fused-ring (bicyclic) bond motifs is 1. The quantitative estimate of drug-likeness (QED) is 0.630. The minimum Gasteiger partial charge on any atom is -0.258 e. The normalized spacial score (nSPS) is 13.2. The lowest BCUT2D eigenvalue weighted by Crippen LogP contribution is -2.05. The zero-order chi connectivity index (χ0) is 14.3. The number of nitro groups is 2. The lowest BCUT2D eigenvalue weighted by molar-refractivity contribution is -0.394. The molecule has 0 N–H and O–H groups in total. The topological polar surface area (TPSA) is 104 Å². The molecule has 102 valence electrons. The fourth-order valence-electron chi connectivity index (χ4n) is 2.49. The Morgan fingerprint density at radius 1 is 1.15 bits per heavy atom. The number of rotatable bonds is 3. The Morgan fingerprint density at radius 2 is 1.95 bits per heavy atom. The first-order valence-electron chi connectivity index (χ1n) is 6.07. The Hall–Kier alpha value is -2.77. The smallest absolute Gasteiger partial charge is 0.258 e. The van der Waals surface area contributed by atoms with E-state index in [1.54, 1.807) is 6.20 Å². The maximum absolute atomic E-state index is 11.1. The average Bonchev–Trinajstić information content (AvgIpc) is 3.00. The highest BCUT2D eigenvalue weighted by Crippen LogP contribution is 2.31. The van der Waals surface area contributed by atoms with Gasteiger partial charge in [0.05, 0.1) is 22.1 Å². The molecule has 8 heteroatoms. The van der Waals surface area contributed by atoms with Crippen LogP contribution in [0.1, 0.15) is 17.7 Å². The van der Waals surface area contributed by atoms with E-state index in [2.05, 4.69) is 5.10 Å². The monoisotopic (exact) mass is 274 g/mol. The fraction of sp³-hybridized carbons (Fsp3) is 0.250. The predicted molar refractivity (Wildman–Crippen MR) is 68.9 cm³/mol. The van der Waals surface area contributed by atoms with Crippen LogP contribution in [-0.2, 0) is 12.8 Å². The molecule has 1 aromatic heterocycles. The highest BCUT2D eigenvalue weighted by Gasteiger charge is 2.25. The molecule has 3 rings (SSSR count). The lowest BCUT2D eigenvalue weighted by atomic mass is 10.2. The van der Waals surface area contributed by atoms with Crippen molar-refractivity contribution >= 4 is 11.4 Å². The molecule has 0 unspecified atom stereocenters. The predicted octanol–water partition coefficient (Wildman–Crippen LogP) is 2.18. The molecule has 0 saturated carbocycles. The number of nitrogens with zero attached hydrogens (tertiary/aromatic N) is 4. The van der Waals surface area contributed by atoms with Crippen molar-refractivity contribution < 1.29 is 9.85 Å². The maximum Gasteiger partial charge on any atom is 0.301 e. The third-order valence-electron chi connectivity index (χ3n) is 3.41. The number of nitro benzene ring substituents is 2. The van der Waals surface area contributed by atoms with E-state index < -0.39 is 9.85 Å². The third kappa shape index (κ3) is 1.81. The van der Waals surface area contributed by atoms with Gasteiger partial charge in [-0.3, -0.25) is 20.2 Å². The third-order valence-corrected chi connectivity index (χ3v) is 3.41. The number of hydrogen-bond donors (Lipinski definition) is 0. The summed E-state index contributed by atoms with van der Waals surface area (Å²) in [5.74, 6) is 0. The van der Waals surface area contributed by atoms with Gasteiger partial charge in [0.2, 0.25) is 0 Å². The molecule has 0 atom stereocenters. The molecule has 0 amide bonds. The van der Waals surface area contributed by atoms with Gasteiger partial charge < -0.3 is 0 Å². The molecule has 0 spiro atoms. The van der Waals surface area contributed by atoms with Crippen molar-refractivity contribution in [1.29, 1.82) is 0 Å². The number of non-ortho nitro benzene ring substituents is 1. The van der Waals surface area contributed by atoms with Crippen molar-refractivity contribution in [2.45, 2.75) is 19.3 Å². The van der Waals surface area contributed by atoms with Crippen LogP contribution in [0.2, 0.25) is 0 Å². The standard InChI is InChI=1S/C12H10N4O4/c17-15(18)9-4-5-11(12(6-9)16(19)20)14-10-3-1-2-8(10)7-13-14/h4-7H,1-3H2. The summed E-state index contributed by atoms with van der Waals surface area (Å²) in [7, 11) is 0. The van der Waals surface area contributed by atoms with Gasteiger partial charge in [0.15, 0.2) is 0 Å². The van der Waals surface area contributed by atoms with Crippen molar-refractivity contribution in [3.8, 4) is 5.69 Å². The number of benzene rings is 1. The van der Waals surface area contributed by atoms with Gasteiger partial charge in [-0.25, -0.2) is 4.68 Å². The summed E-state index contributed by atoms with van der Waals surface area (Å²) in [6, 6.07) is 3.60. The minimum absolute atomic E-state index is 0.267. The first kappa shape index (κ1) is 12.3. The Labute approximate surface area is 112 Å². The molecule has 0 bridgehead atoms. The number of aromatic nitrogens is 2. The molecule has 1 aliphatic rings. The van der Waals surface area contributed by atoms with Gasteiger partial charge in [-0.15, -0.1) is 0 Å². The minimum atomic E-state index is -0.649. The van der Waals surface area contributed by atoms with Crippen molar-refractivity contribution in [3.05, 3.63) is 55.9 Å². The van der Waals surface area contributed by atoms with Crippen LogP contribution in [0.4, 0.5) is 11.4 Å². The van der Waals surface area contributed by atoms with Crippen molar-refractivity contribution in [3.63, 3.8) is 0 Å². The molecule has 0 aliphatic heterocycles. The van der Waals surface area contributed by atoms with Gasteiger partial charge in [-0.1, -0.05) is 0 Å². The van der Waals surface area contributed by atoms with E-state index in [1.807, 2.05) is 0 Å². The molecule has 0 fully saturated rings. The van der Waals surface area contributed by atoms with Gasteiger partial charge in [-0.2, -0.15) is 5.10 Å². The van der Waals surface area contributed by atoms with E-state index in [-0.39, 0.29) is 17.1 Å². The Morgan fingerprint density at radius 3 is 2.65 bits per heavy atom. The highest BCUT2D eigenvalue weighted by atomic mass is 16.6. The van der Waals surface area contributed by atoms with Crippen LogP contribution in [0.3, 0.4) is 0 Å².